The monoisotopic (exact) mass is 323 g/mol. The van der Waals surface area contributed by atoms with Crippen LogP contribution in [0.15, 0.2) is 47.4 Å². The predicted molar refractivity (Wildman–Crippen MR) is 79.3 cm³/mol. The lowest BCUT2D eigenvalue weighted by Crippen LogP contribution is -2.13. The first-order valence-electron chi connectivity index (χ1n) is 6.73. The zero-order valence-corrected chi connectivity index (χ0v) is 12.4. The third kappa shape index (κ3) is 3.14. The average Bonchev–Trinajstić information content (AvgIpc) is 2.74. The van der Waals surface area contributed by atoms with Gasteiger partial charge in [0.2, 0.25) is 0 Å². The van der Waals surface area contributed by atoms with Crippen molar-refractivity contribution in [3.05, 3.63) is 48.3 Å². The van der Waals surface area contributed by atoms with E-state index in [2.05, 4.69) is 4.72 Å². The second-order valence-corrected chi connectivity index (χ2v) is 6.45. The Hall–Kier alpha value is -2.28. The minimum Gasteiger partial charge on any atom is -0.490 e. The van der Waals surface area contributed by atoms with Gasteiger partial charge in [-0.05, 0) is 36.4 Å². The third-order valence-electron chi connectivity index (χ3n) is 3.13. The van der Waals surface area contributed by atoms with Gasteiger partial charge in [-0.25, -0.2) is 12.8 Å². The van der Waals surface area contributed by atoms with Gasteiger partial charge in [0.15, 0.2) is 11.5 Å². The number of anilines is 1. The summed E-state index contributed by atoms with van der Waals surface area (Å²) in [7, 11) is -3.78. The molecule has 2 aromatic carbocycles. The van der Waals surface area contributed by atoms with Gasteiger partial charge >= 0.3 is 0 Å². The Morgan fingerprint density at radius 3 is 2.36 bits per heavy atom. The van der Waals surface area contributed by atoms with Crippen LogP contribution in [-0.2, 0) is 10.0 Å². The fourth-order valence-electron chi connectivity index (χ4n) is 2.04. The molecule has 2 aromatic rings. The van der Waals surface area contributed by atoms with E-state index in [1.54, 1.807) is 6.07 Å². The minimum atomic E-state index is -3.78. The normalized spacial score (nSPS) is 14.2. The first kappa shape index (κ1) is 14.6. The molecule has 1 aliphatic rings. The summed E-state index contributed by atoms with van der Waals surface area (Å²) >= 11 is 0. The molecule has 0 amide bonds. The Kier molecular flexibility index (Phi) is 3.89. The molecule has 22 heavy (non-hydrogen) atoms. The van der Waals surface area contributed by atoms with Gasteiger partial charge in [-0.15, -0.1) is 0 Å². The van der Waals surface area contributed by atoms with E-state index in [1.807, 2.05) is 0 Å². The highest BCUT2D eigenvalue weighted by molar-refractivity contribution is 7.92. The van der Waals surface area contributed by atoms with Crippen molar-refractivity contribution in [3.8, 4) is 11.5 Å². The maximum absolute atomic E-state index is 12.9. The predicted octanol–water partition coefficient (Wildman–Crippen LogP) is 2.79. The number of halogens is 1. The summed E-state index contributed by atoms with van der Waals surface area (Å²) in [5, 5.41) is 0. The Labute approximate surface area is 127 Å². The maximum Gasteiger partial charge on any atom is 0.262 e. The molecule has 1 N–H and O–H groups in total. The van der Waals surface area contributed by atoms with Crippen molar-refractivity contribution in [3.63, 3.8) is 0 Å². The molecule has 0 spiro atoms. The number of ether oxygens (including phenoxy) is 2. The van der Waals surface area contributed by atoms with Crippen molar-refractivity contribution in [1.29, 1.82) is 0 Å². The number of hydrogen-bond acceptors (Lipinski definition) is 4. The zero-order chi connectivity index (χ0) is 15.6. The van der Waals surface area contributed by atoms with Gasteiger partial charge in [0.25, 0.3) is 10.0 Å². The van der Waals surface area contributed by atoms with Crippen molar-refractivity contribution < 1.29 is 22.3 Å². The second kappa shape index (κ2) is 5.84. The Balaban J connectivity index is 1.88. The SMILES string of the molecule is O=S(=O)(Nc1ccc(F)cc1)c1ccc2c(c1)OCCCO2. The molecular weight excluding hydrogens is 309 g/mol. The van der Waals surface area contributed by atoms with Crippen LogP contribution in [0.4, 0.5) is 10.1 Å². The molecule has 7 heteroatoms. The van der Waals surface area contributed by atoms with Crippen LogP contribution in [0, 0.1) is 5.82 Å². The maximum atomic E-state index is 12.9. The molecule has 0 saturated heterocycles. The van der Waals surface area contributed by atoms with E-state index < -0.39 is 15.8 Å². The first-order valence-corrected chi connectivity index (χ1v) is 8.21. The summed E-state index contributed by atoms with van der Waals surface area (Å²) < 4.78 is 50.9. The fourth-order valence-corrected chi connectivity index (χ4v) is 3.12. The smallest absolute Gasteiger partial charge is 0.262 e. The van der Waals surface area contributed by atoms with Crippen molar-refractivity contribution >= 4 is 15.7 Å². The second-order valence-electron chi connectivity index (χ2n) is 4.77. The number of rotatable bonds is 3. The highest BCUT2D eigenvalue weighted by atomic mass is 32.2. The topological polar surface area (TPSA) is 64.6 Å². The molecule has 0 unspecified atom stereocenters. The summed E-state index contributed by atoms with van der Waals surface area (Å²) in [5.41, 5.74) is 0.286. The number of benzene rings is 2. The Bertz CT molecular complexity index is 775. The van der Waals surface area contributed by atoms with Crippen LogP contribution in [-0.4, -0.2) is 21.6 Å². The molecule has 0 bridgehead atoms. The van der Waals surface area contributed by atoms with Gasteiger partial charge in [-0.1, -0.05) is 0 Å². The Morgan fingerprint density at radius 2 is 1.64 bits per heavy atom. The van der Waals surface area contributed by atoms with Crippen molar-refractivity contribution in [2.24, 2.45) is 0 Å². The zero-order valence-electron chi connectivity index (χ0n) is 11.6. The van der Waals surface area contributed by atoms with E-state index in [0.717, 1.165) is 6.42 Å². The lowest BCUT2D eigenvalue weighted by Gasteiger charge is -2.11. The molecule has 116 valence electrons. The van der Waals surface area contributed by atoms with Crippen LogP contribution < -0.4 is 14.2 Å². The summed E-state index contributed by atoms with van der Waals surface area (Å²) in [6.45, 7) is 1.01. The Morgan fingerprint density at radius 1 is 0.955 bits per heavy atom. The van der Waals surface area contributed by atoms with Gasteiger partial charge in [-0.2, -0.15) is 0 Å². The highest BCUT2D eigenvalue weighted by Crippen LogP contribution is 2.32. The molecule has 1 aliphatic heterocycles. The average molecular weight is 323 g/mol. The van der Waals surface area contributed by atoms with E-state index in [-0.39, 0.29) is 10.6 Å². The first-order chi connectivity index (χ1) is 10.5. The van der Waals surface area contributed by atoms with Crippen molar-refractivity contribution in [2.75, 3.05) is 17.9 Å². The summed E-state index contributed by atoms with van der Waals surface area (Å²) in [6, 6.07) is 9.52. The van der Waals surface area contributed by atoms with Gasteiger partial charge in [0.1, 0.15) is 5.82 Å². The summed E-state index contributed by atoms with van der Waals surface area (Å²) in [5.74, 6) is 0.497. The van der Waals surface area contributed by atoms with Crippen molar-refractivity contribution in [1.82, 2.24) is 0 Å². The highest BCUT2D eigenvalue weighted by Gasteiger charge is 2.19. The number of nitrogens with one attached hydrogen (secondary N) is 1. The molecule has 5 nitrogen and oxygen atoms in total. The molecule has 0 fully saturated rings. The van der Waals surface area contributed by atoms with Crippen LogP contribution in [0.1, 0.15) is 6.42 Å². The van der Waals surface area contributed by atoms with E-state index >= 15 is 0 Å². The van der Waals surface area contributed by atoms with E-state index in [0.29, 0.717) is 24.7 Å². The molecule has 3 rings (SSSR count). The molecule has 0 radical (unpaired) electrons. The molecule has 0 saturated carbocycles. The minimum absolute atomic E-state index is 0.0566. The van der Waals surface area contributed by atoms with Crippen LogP contribution in [0.5, 0.6) is 11.5 Å². The number of sulfonamides is 1. The lowest BCUT2D eigenvalue weighted by atomic mass is 10.3. The van der Waals surface area contributed by atoms with E-state index in [9.17, 15) is 12.8 Å². The van der Waals surface area contributed by atoms with Crippen LogP contribution in [0.2, 0.25) is 0 Å². The number of hydrogen-bond donors (Lipinski definition) is 1. The molecular formula is C15H14FNO4S. The van der Waals surface area contributed by atoms with Crippen molar-refractivity contribution in [2.45, 2.75) is 11.3 Å². The largest absolute Gasteiger partial charge is 0.490 e. The molecule has 0 aliphatic carbocycles. The van der Waals surface area contributed by atoms with Gasteiger partial charge in [0.05, 0.1) is 18.1 Å². The van der Waals surface area contributed by atoms with Crippen LogP contribution in [0.3, 0.4) is 0 Å². The standard InChI is InChI=1S/C15H14FNO4S/c16-11-2-4-12(5-3-11)17-22(18,19)13-6-7-14-15(10-13)21-9-1-8-20-14/h2-7,10,17H,1,8-9H2. The van der Waals surface area contributed by atoms with Crippen LogP contribution in [0.25, 0.3) is 0 Å². The van der Waals surface area contributed by atoms with Gasteiger partial charge in [-0.3, -0.25) is 4.72 Å². The molecule has 1 heterocycles. The van der Waals surface area contributed by atoms with E-state index in [1.165, 1.54) is 36.4 Å². The summed E-state index contributed by atoms with van der Waals surface area (Å²) in [4.78, 5) is 0.0566. The quantitative estimate of drug-likeness (QED) is 0.943. The summed E-state index contributed by atoms with van der Waals surface area (Å²) in [6.07, 6.45) is 0.741. The molecule has 0 aromatic heterocycles. The molecule has 0 atom stereocenters. The number of fused-ring (bicyclic) bond motifs is 1. The lowest BCUT2D eigenvalue weighted by molar-refractivity contribution is 0.297. The fraction of sp³-hybridized carbons (Fsp3) is 0.200. The van der Waals surface area contributed by atoms with Gasteiger partial charge < -0.3 is 9.47 Å². The third-order valence-corrected chi connectivity index (χ3v) is 4.50. The van der Waals surface area contributed by atoms with Gasteiger partial charge in [0, 0.05) is 18.2 Å². The van der Waals surface area contributed by atoms with E-state index in [4.69, 9.17) is 9.47 Å². The van der Waals surface area contributed by atoms with Crippen LogP contribution >= 0.6 is 0 Å².